The number of aromatic carboxylic acids is 1. The number of hydrogen-bond acceptors (Lipinski definition) is 4. The monoisotopic (exact) mass is 299 g/mol. The highest BCUT2D eigenvalue weighted by Crippen LogP contribution is 2.22. The lowest BCUT2D eigenvalue weighted by Gasteiger charge is -2.14. The smallest absolute Gasteiger partial charge is 0.335 e. The van der Waals surface area contributed by atoms with Crippen LogP contribution in [0.3, 0.4) is 0 Å². The number of sulfonamides is 1. The van der Waals surface area contributed by atoms with Gasteiger partial charge in [0.2, 0.25) is 0 Å². The van der Waals surface area contributed by atoms with E-state index in [4.69, 9.17) is 9.94 Å². The summed E-state index contributed by atoms with van der Waals surface area (Å²) in [6, 6.07) is 4.14. The van der Waals surface area contributed by atoms with Crippen molar-refractivity contribution in [1.82, 2.24) is 4.89 Å². The molecule has 0 heterocycles. The largest absolute Gasteiger partial charge is 0.478 e. The van der Waals surface area contributed by atoms with Crippen LogP contribution in [-0.4, -0.2) is 25.6 Å². The van der Waals surface area contributed by atoms with Crippen molar-refractivity contribution >= 4 is 16.0 Å². The van der Waals surface area contributed by atoms with Gasteiger partial charge in [0.25, 0.3) is 10.0 Å². The van der Waals surface area contributed by atoms with Gasteiger partial charge in [-0.1, -0.05) is 23.8 Å². The van der Waals surface area contributed by atoms with Gasteiger partial charge in [-0.2, -0.15) is 0 Å². The third-order valence-corrected chi connectivity index (χ3v) is 4.77. The molecule has 0 bridgehead atoms. The summed E-state index contributed by atoms with van der Waals surface area (Å²) in [5.74, 6) is -1.16. The molecule has 0 aliphatic heterocycles. The van der Waals surface area contributed by atoms with Crippen LogP contribution in [0, 0.1) is 6.92 Å². The Balaban J connectivity index is 2.20. The average molecular weight is 299 g/mol. The van der Waals surface area contributed by atoms with Crippen LogP contribution in [0.25, 0.3) is 0 Å². The van der Waals surface area contributed by atoms with Gasteiger partial charge in [-0.3, -0.25) is 4.84 Å². The number of carboxylic acid groups (broad SMARTS) is 1. The number of hydrogen-bond donors (Lipinski definition) is 2. The van der Waals surface area contributed by atoms with Crippen molar-refractivity contribution < 1.29 is 23.2 Å². The van der Waals surface area contributed by atoms with Gasteiger partial charge >= 0.3 is 5.97 Å². The molecular formula is C13H17NO5S. The topological polar surface area (TPSA) is 92.7 Å². The molecule has 1 aromatic rings. The van der Waals surface area contributed by atoms with Crippen LogP contribution < -0.4 is 4.89 Å². The number of carbonyl (C=O) groups is 1. The van der Waals surface area contributed by atoms with Crippen molar-refractivity contribution in [3.8, 4) is 0 Å². The Bertz CT molecular complexity index is 605. The Morgan fingerprint density at radius 2 is 2.00 bits per heavy atom. The fourth-order valence-corrected chi connectivity index (χ4v) is 3.44. The van der Waals surface area contributed by atoms with Crippen molar-refractivity contribution in [3.63, 3.8) is 0 Å². The van der Waals surface area contributed by atoms with Crippen molar-refractivity contribution in [2.45, 2.75) is 43.6 Å². The van der Waals surface area contributed by atoms with Crippen LogP contribution >= 0.6 is 0 Å². The van der Waals surface area contributed by atoms with Crippen LogP contribution in [0.5, 0.6) is 0 Å². The highest BCUT2D eigenvalue weighted by atomic mass is 32.2. The Labute approximate surface area is 117 Å². The van der Waals surface area contributed by atoms with Gasteiger partial charge in [-0.25, -0.2) is 13.2 Å². The Morgan fingerprint density at radius 1 is 1.35 bits per heavy atom. The van der Waals surface area contributed by atoms with Crippen LogP contribution in [0.15, 0.2) is 23.1 Å². The van der Waals surface area contributed by atoms with Gasteiger partial charge < -0.3 is 5.11 Å². The van der Waals surface area contributed by atoms with Gasteiger partial charge in [0.05, 0.1) is 16.6 Å². The third kappa shape index (κ3) is 3.17. The standard InChI is InChI=1S/C13H17NO5S/c1-9-11(13(15)16)7-4-8-12(9)20(17,18)14-19-10-5-2-3-6-10/h4,7-8,10,14H,2-3,5-6H2,1H3,(H,15,16). The molecule has 0 saturated heterocycles. The van der Waals surface area contributed by atoms with E-state index in [0.29, 0.717) is 0 Å². The summed E-state index contributed by atoms with van der Waals surface area (Å²) in [7, 11) is -3.87. The van der Waals surface area contributed by atoms with E-state index in [2.05, 4.69) is 4.89 Å². The minimum atomic E-state index is -3.87. The molecule has 1 aliphatic rings. The Kier molecular flexibility index (Phi) is 4.42. The second-order valence-corrected chi connectivity index (χ2v) is 6.46. The molecule has 0 aromatic heterocycles. The fraction of sp³-hybridized carbons (Fsp3) is 0.462. The van der Waals surface area contributed by atoms with E-state index in [0.717, 1.165) is 25.7 Å². The van der Waals surface area contributed by atoms with Crippen LogP contribution in [0.2, 0.25) is 0 Å². The van der Waals surface area contributed by atoms with E-state index in [1.54, 1.807) is 0 Å². The van der Waals surface area contributed by atoms with E-state index in [-0.39, 0.29) is 22.1 Å². The number of benzene rings is 1. The lowest BCUT2D eigenvalue weighted by molar-refractivity contribution is 0.0223. The minimum absolute atomic E-state index is 0.0336. The maximum atomic E-state index is 12.2. The van der Waals surface area contributed by atoms with E-state index in [9.17, 15) is 13.2 Å². The van der Waals surface area contributed by atoms with E-state index in [1.807, 2.05) is 0 Å². The quantitative estimate of drug-likeness (QED) is 0.809. The normalized spacial score (nSPS) is 16.4. The highest BCUT2D eigenvalue weighted by molar-refractivity contribution is 7.89. The summed E-state index contributed by atoms with van der Waals surface area (Å²) < 4.78 is 24.3. The second kappa shape index (κ2) is 5.90. The first-order chi connectivity index (χ1) is 9.42. The molecule has 2 N–H and O–H groups in total. The predicted octanol–water partition coefficient (Wildman–Crippen LogP) is 1.85. The minimum Gasteiger partial charge on any atom is -0.478 e. The first kappa shape index (κ1) is 15.0. The maximum Gasteiger partial charge on any atom is 0.335 e. The number of carboxylic acids is 1. The maximum absolute atomic E-state index is 12.2. The Morgan fingerprint density at radius 3 is 2.60 bits per heavy atom. The number of nitrogens with one attached hydrogen (secondary N) is 1. The molecule has 1 aliphatic carbocycles. The van der Waals surface area contributed by atoms with Crippen molar-refractivity contribution in [3.05, 3.63) is 29.3 Å². The zero-order valence-corrected chi connectivity index (χ0v) is 11.9. The van der Waals surface area contributed by atoms with E-state index in [1.165, 1.54) is 25.1 Å². The first-order valence-electron chi connectivity index (χ1n) is 6.42. The SMILES string of the molecule is Cc1c(C(=O)O)cccc1S(=O)(=O)NOC1CCCC1. The zero-order valence-electron chi connectivity index (χ0n) is 11.1. The van der Waals surface area contributed by atoms with Crippen molar-refractivity contribution in [1.29, 1.82) is 0 Å². The van der Waals surface area contributed by atoms with Crippen molar-refractivity contribution in [2.75, 3.05) is 0 Å². The molecule has 1 saturated carbocycles. The highest BCUT2D eigenvalue weighted by Gasteiger charge is 2.23. The van der Waals surface area contributed by atoms with E-state index < -0.39 is 16.0 Å². The average Bonchev–Trinajstić information content (AvgIpc) is 2.89. The van der Waals surface area contributed by atoms with Gasteiger partial charge in [-0.15, -0.1) is 0 Å². The summed E-state index contributed by atoms with van der Waals surface area (Å²) in [6.45, 7) is 1.47. The van der Waals surface area contributed by atoms with Gasteiger partial charge in [0.15, 0.2) is 0 Å². The van der Waals surface area contributed by atoms with Gasteiger partial charge in [0.1, 0.15) is 0 Å². The zero-order chi connectivity index (χ0) is 14.8. The molecule has 0 radical (unpaired) electrons. The predicted molar refractivity (Wildman–Crippen MR) is 71.8 cm³/mol. The molecule has 6 nitrogen and oxygen atoms in total. The summed E-state index contributed by atoms with van der Waals surface area (Å²) >= 11 is 0. The molecule has 0 atom stereocenters. The molecule has 20 heavy (non-hydrogen) atoms. The molecule has 0 amide bonds. The van der Waals surface area contributed by atoms with Crippen molar-refractivity contribution in [2.24, 2.45) is 0 Å². The summed E-state index contributed by atoms with van der Waals surface area (Å²) in [5.41, 5.74) is 0.163. The van der Waals surface area contributed by atoms with Gasteiger partial charge in [0, 0.05) is 0 Å². The van der Waals surface area contributed by atoms with Crippen LogP contribution in [0.1, 0.15) is 41.6 Å². The molecular weight excluding hydrogens is 282 g/mol. The van der Waals surface area contributed by atoms with E-state index >= 15 is 0 Å². The molecule has 2 rings (SSSR count). The summed E-state index contributed by atoms with van der Waals surface area (Å²) in [6.07, 6.45) is 3.61. The molecule has 0 unspecified atom stereocenters. The number of rotatable bonds is 5. The Hall–Kier alpha value is -1.44. The molecule has 110 valence electrons. The first-order valence-corrected chi connectivity index (χ1v) is 7.90. The lowest BCUT2D eigenvalue weighted by Crippen LogP contribution is -2.29. The van der Waals surface area contributed by atoms with Gasteiger partial charge in [-0.05, 0) is 37.5 Å². The third-order valence-electron chi connectivity index (χ3n) is 3.43. The van der Waals surface area contributed by atoms with Crippen LogP contribution in [0.4, 0.5) is 0 Å². The molecule has 0 spiro atoms. The van der Waals surface area contributed by atoms with Crippen LogP contribution in [-0.2, 0) is 14.9 Å². The molecule has 1 fully saturated rings. The lowest BCUT2D eigenvalue weighted by atomic mass is 10.1. The molecule has 7 heteroatoms. The summed E-state index contributed by atoms with van der Waals surface area (Å²) in [5, 5.41) is 9.01. The summed E-state index contributed by atoms with van der Waals surface area (Å²) in [4.78, 5) is 18.2. The fourth-order valence-electron chi connectivity index (χ4n) is 2.32. The molecule has 1 aromatic carbocycles. The second-order valence-electron chi connectivity index (χ2n) is 4.84.